The zero-order valence-corrected chi connectivity index (χ0v) is 7.56. The van der Waals surface area contributed by atoms with Crippen LogP contribution in [0.25, 0.3) is 0 Å². The Labute approximate surface area is 79.4 Å². The molecule has 70 valence electrons. The topological polar surface area (TPSA) is 38.3 Å². The molecule has 0 spiro atoms. The van der Waals surface area contributed by atoms with Gasteiger partial charge in [-0.05, 0) is 18.2 Å². The van der Waals surface area contributed by atoms with E-state index in [1.54, 1.807) is 0 Å². The zero-order valence-electron chi connectivity index (χ0n) is 6.80. The van der Waals surface area contributed by atoms with Crippen molar-refractivity contribution < 1.29 is 14.0 Å². The van der Waals surface area contributed by atoms with Gasteiger partial charge >= 0.3 is 0 Å². The second kappa shape index (κ2) is 4.20. The Hall–Kier alpha value is -1.13. The molecule has 0 heterocycles. The van der Waals surface area contributed by atoms with E-state index < -0.39 is 11.7 Å². The highest BCUT2D eigenvalue weighted by Crippen LogP contribution is 2.13. The summed E-state index contributed by atoms with van der Waals surface area (Å²) in [5.74, 6) is -1.10. The van der Waals surface area contributed by atoms with Crippen LogP contribution < -0.4 is 5.48 Å². The number of rotatable bonds is 2. The molecule has 0 unspecified atom stereocenters. The number of carbonyl (C=O) groups is 1. The molecule has 1 N–H and O–H groups in total. The molecule has 0 saturated heterocycles. The van der Waals surface area contributed by atoms with E-state index in [1.807, 2.05) is 0 Å². The summed E-state index contributed by atoms with van der Waals surface area (Å²) in [7, 11) is 1.29. The van der Waals surface area contributed by atoms with Crippen LogP contribution in [0.1, 0.15) is 10.4 Å². The first-order valence-electron chi connectivity index (χ1n) is 3.43. The predicted molar refractivity (Wildman–Crippen MR) is 45.9 cm³/mol. The molecule has 0 bridgehead atoms. The predicted octanol–water partition coefficient (Wildman–Crippen LogP) is 1.77. The summed E-state index contributed by atoms with van der Waals surface area (Å²) in [5, 5.41) is 0.168. The van der Waals surface area contributed by atoms with Gasteiger partial charge in [-0.15, -0.1) is 0 Å². The molecular weight excluding hydrogens is 197 g/mol. The lowest BCUT2D eigenvalue weighted by Crippen LogP contribution is -2.21. The van der Waals surface area contributed by atoms with E-state index in [0.717, 1.165) is 12.1 Å². The Morgan fingerprint density at radius 1 is 1.54 bits per heavy atom. The number of nitrogens with one attached hydrogen (secondary N) is 1. The molecule has 0 aliphatic carbocycles. The molecule has 13 heavy (non-hydrogen) atoms. The summed E-state index contributed by atoms with van der Waals surface area (Å²) < 4.78 is 12.7. The lowest BCUT2D eigenvalue weighted by atomic mass is 10.2. The first-order valence-corrected chi connectivity index (χ1v) is 3.80. The van der Waals surface area contributed by atoms with Crippen LogP contribution in [0.2, 0.25) is 5.02 Å². The fourth-order valence-corrected chi connectivity index (χ4v) is 1.06. The van der Waals surface area contributed by atoms with E-state index in [-0.39, 0.29) is 10.6 Å². The molecule has 1 aromatic rings. The SMILES string of the molecule is CONC(=O)c1cc(F)cc(Cl)c1. The molecule has 0 aliphatic rings. The molecule has 5 heteroatoms. The molecule has 0 aromatic heterocycles. The number of hydrogen-bond donors (Lipinski definition) is 1. The first-order chi connectivity index (χ1) is 6.13. The van der Waals surface area contributed by atoms with E-state index in [9.17, 15) is 9.18 Å². The molecule has 1 amide bonds. The van der Waals surface area contributed by atoms with Crippen LogP contribution in [0.4, 0.5) is 4.39 Å². The van der Waals surface area contributed by atoms with Crippen molar-refractivity contribution >= 4 is 17.5 Å². The lowest BCUT2D eigenvalue weighted by Gasteiger charge is -2.02. The van der Waals surface area contributed by atoms with E-state index in [2.05, 4.69) is 10.3 Å². The van der Waals surface area contributed by atoms with Gasteiger partial charge < -0.3 is 0 Å². The average molecular weight is 204 g/mol. The first kappa shape index (κ1) is 9.95. The maximum Gasteiger partial charge on any atom is 0.274 e. The van der Waals surface area contributed by atoms with Crippen LogP contribution in [0, 0.1) is 5.82 Å². The van der Waals surface area contributed by atoms with Gasteiger partial charge in [-0.2, -0.15) is 0 Å². The summed E-state index contributed by atoms with van der Waals surface area (Å²) in [4.78, 5) is 15.5. The van der Waals surface area contributed by atoms with Gasteiger partial charge in [-0.25, -0.2) is 9.87 Å². The minimum absolute atomic E-state index is 0.117. The van der Waals surface area contributed by atoms with Crippen molar-refractivity contribution in [1.29, 1.82) is 0 Å². The quantitative estimate of drug-likeness (QED) is 0.744. The van der Waals surface area contributed by atoms with E-state index >= 15 is 0 Å². The van der Waals surface area contributed by atoms with Crippen molar-refractivity contribution in [2.24, 2.45) is 0 Å². The monoisotopic (exact) mass is 203 g/mol. The Morgan fingerprint density at radius 3 is 2.77 bits per heavy atom. The normalized spacial score (nSPS) is 9.77. The molecule has 0 saturated carbocycles. The highest BCUT2D eigenvalue weighted by molar-refractivity contribution is 6.30. The van der Waals surface area contributed by atoms with Crippen molar-refractivity contribution in [3.05, 3.63) is 34.6 Å². The molecule has 0 atom stereocenters. The third-order valence-corrected chi connectivity index (χ3v) is 1.54. The molecule has 3 nitrogen and oxygen atoms in total. The maximum absolute atomic E-state index is 12.7. The van der Waals surface area contributed by atoms with Crippen molar-refractivity contribution in [2.45, 2.75) is 0 Å². The Bertz CT molecular complexity index is 310. The van der Waals surface area contributed by atoms with Crippen LogP contribution in [0.15, 0.2) is 18.2 Å². The number of benzene rings is 1. The van der Waals surface area contributed by atoms with E-state index in [1.165, 1.54) is 13.2 Å². The highest BCUT2D eigenvalue weighted by Gasteiger charge is 2.07. The summed E-state index contributed by atoms with van der Waals surface area (Å²) in [6.45, 7) is 0. The molecule has 0 fully saturated rings. The van der Waals surface area contributed by atoms with Gasteiger partial charge in [0.25, 0.3) is 5.91 Å². The molecule has 1 aromatic carbocycles. The second-order valence-electron chi connectivity index (χ2n) is 2.29. The average Bonchev–Trinajstić information content (AvgIpc) is 2.03. The molecular formula is C8H7ClFNO2. The largest absolute Gasteiger partial charge is 0.277 e. The third kappa shape index (κ3) is 2.68. The van der Waals surface area contributed by atoms with Gasteiger partial charge in [-0.3, -0.25) is 9.63 Å². The fraction of sp³-hybridized carbons (Fsp3) is 0.125. The summed E-state index contributed by atoms with van der Waals surface area (Å²) in [6, 6.07) is 3.53. The maximum atomic E-state index is 12.7. The summed E-state index contributed by atoms with van der Waals surface area (Å²) in [5.41, 5.74) is 2.17. The Kier molecular flexibility index (Phi) is 3.22. The molecule has 1 rings (SSSR count). The lowest BCUT2D eigenvalue weighted by molar-refractivity contribution is 0.0537. The summed E-state index contributed by atoms with van der Waals surface area (Å²) in [6.07, 6.45) is 0. The zero-order chi connectivity index (χ0) is 9.84. The van der Waals surface area contributed by atoms with Crippen LogP contribution in [0.3, 0.4) is 0 Å². The van der Waals surface area contributed by atoms with E-state index in [0.29, 0.717) is 0 Å². The van der Waals surface area contributed by atoms with E-state index in [4.69, 9.17) is 11.6 Å². The number of hydroxylamine groups is 1. The number of carbonyl (C=O) groups excluding carboxylic acids is 1. The van der Waals surface area contributed by atoms with Gasteiger partial charge in [0.15, 0.2) is 0 Å². The van der Waals surface area contributed by atoms with Crippen LogP contribution in [-0.2, 0) is 4.84 Å². The number of hydrogen-bond acceptors (Lipinski definition) is 2. The summed E-state index contributed by atoms with van der Waals surface area (Å²) >= 11 is 5.53. The van der Waals surface area contributed by atoms with Gasteiger partial charge in [0.1, 0.15) is 5.82 Å². The van der Waals surface area contributed by atoms with Gasteiger partial charge in [0.2, 0.25) is 0 Å². The minimum Gasteiger partial charge on any atom is -0.277 e. The number of amides is 1. The number of halogens is 2. The van der Waals surface area contributed by atoms with Crippen LogP contribution in [0.5, 0.6) is 0 Å². The van der Waals surface area contributed by atoms with Crippen LogP contribution >= 0.6 is 11.6 Å². The van der Waals surface area contributed by atoms with Crippen molar-refractivity contribution in [3.8, 4) is 0 Å². The van der Waals surface area contributed by atoms with Crippen molar-refractivity contribution in [2.75, 3.05) is 7.11 Å². The Balaban J connectivity index is 2.94. The van der Waals surface area contributed by atoms with Crippen molar-refractivity contribution in [1.82, 2.24) is 5.48 Å². The smallest absolute Gasteiger partial charge is 0.274 e. The fourth-order valence-electron chi connectivity index (χ4n) is 0.837. The minimum atomic E-state index is -0.561. The van der Waals surface area contributed by atoms with Crippen LogP contribution in [-0.4, -0.2) is 13.0 Å². The molecule has 0 radical (unpaired) electrons. The third-order valence-electron chi connectivity index (χ3n) is 1.32. The van der Waals surface area contributed by atoms with Gasteiger partial charge in [-0.1, -0.05) is 11.6 Å². The standard InChI is InChI=1S/C8H7ClFNO2/c1-13-11-8(12)5-2-6(9)4-7(10)3-5/h2-4H,1H3,(H,11,12). The Morgan fingerprint density at radius 2 is 2.23 bits per heavy atom. The van der Waals surface area contributed by atoms with Gasteiger partial charge in [0, 0.05) is 10.6 Å². The second-order valence-corrected chi connectivity index (χ2v) is 2.73. The van der Waals surface area contributed by atoms with Gasteiger partial charge in [0.05, 0.1) is 7.11 Å². The van der Waals surface area contributed by atoms with Crippen molar-refractivity contribution in [3.63, 3.8) is 0 Å². The molecule has 0 aliphatic heterocycles. The highest BCUT2D eigenvalue weighted by atomic mass is 35.5.